The number of amides is 4. The van der Waals surface area contributed by atoms with Crippen molar-refractivity contribution >= 4 is 35.8 Å². The van der Waals surface area contributed by atoms with Crippen LogP contribution in [0.5, 0.6) is 0 Å². The molecular weight excluding hydrogens is 452 g/mol. The summed E-state index contributed by atoms with van der Waals surface area (Å²) in [6.45, 7) is 8.10. The first-order valence-electron chi connectivity index (χ1n) is 11.0. The van der Waals surface area contributed by atoms with Gasteiger partial charge in [-0.15, -0.1) is 0 Å². The molecule has 192 valence electrons. The molecule has 4 atom stereocenters. The molecule has 0 aromatic carbocycles. The molecule has 0 aliphatic carbocycles. The van der Waals surface area contributed by atoms with Gasteiger partial charge in [-0.25, -0.2) is 9.59 Å². The van der Waals surface area contributed by atoms with Crippen LogP contribution >= 0.6 is 0 Å². The maximum absolute atomic E-state index is 12.9. The Labute approximate surface area is 197 Å². The van der Waals surface area contributed by atoms with Crippen molar-refractivity contribution in [1.82, 2.24) is 20.9 Å². The van der Waals surface area contributed by atoms with Gasteiger partial charge in [0.05, 0.1) is 0 Å². The molecule has 0 bridgehead atoms. The first kappa shape index (κ1) is 28.7. The fourth-order valence-corrected chi connectivity index (χ4v) is 3.29. The lowest BCUT2D eigenvalue weighted by Crippen LogP contribution is -2.56. The first-order valence-corrected chi connectivity index (χ1v) is 11.0. The van der Waals surface area contributed by atoms with Crippen LogP contribution in [0.1, 0.15) is 60.3 Å². The molecule has 1 fully saturated rings. The number of nitrogens with zero attached hydrogens (tertiary/aromatic N) is 1. The van der Waals surface area contributed by atoms with E-state index in [9.17, 15) is 33.9 Å². The Kier molecular flexibility index (Phi) is 10.3. The Balaban J connectivity index is 2.71. The Morgan fingerprint density at radius 1 is 1.00 bits per heavy atom. The Bertz CT molecular complexity index is 809. The second-order valence-electron chi connectivity index (χ2n) is 9.12. The molecule has 34 heavy (non-hydrogen) atoms. The molecular formula is C21H34N4O9. The lowest BCUT2D eigenvalue weighted by Gasteiger charge is -2.28. The van der Waals surface area contributed by atoms with Crippen molar-refractivity contribution in [3.05, 3.63) is 0 Å². The smallest absolute Gasteiger partial charge is 0.408 e. The predicted octanol–water partition coefficient (Wildman–Crippen LogP) is -0.170. The fraction of sp³-hybridized carbons (Fsp3) is 0.714. The van der Waals surface area contributed by atoms with E-state index in [1.54, 1.807) is 20.8 Å². The average molecular weight is 487 g/mol. The van der Waals surface area contributed by atoms with E-state index in [1.165, 1.54) is 18.7 Å². The summed E-state index contributed by atoms with van der Waals surface area (Å²) in [5, 5.41) is 25.1. The molecule has 4 amide bonds. The van der Waals surface area contributed by atoms with E-state index in [1.807, 2.05) is 0 Å². The number of aliphatic carboxylic acids is 2. The summed E-state index contributed by atoms with van der Waals surface area (Å²) in [5.41, 5.74) is -0.748. The van der Waals surface area contributed by atoms with Gasteiger partial charge in [0.2, 0.25) is 17.7 Å². The van der Waals surface area contributed by atoms with Crippen LogP contribution in [0.15, 0.2) is 0 Å². The summed E-state index contributed by atoms with van der Waals surface area (Å²) < 4.78 is 5.09. The summed E-state index contributed by atoms with van der Waals surface area (Å²) >= 11 is 0. The monoisotopic (exact) mass is 486 g/mol. The van der Waals surface area contributed by atoms with Crippen LogP contribution in [0.2, 0.25) is 0 Å². The van der Waals surface area contributed by atoms with E-state index in [0.717, 1.165) is 0 Å². The molecule has 0 spiro atoms. The zero-order valence-corrected chi connectivity index (χ0v) is 20.0. The van der Waals surface area contributed by atoms with Crippen molar-refractivity contribution in [3.8, 4) is 0 Å². The molecule has 1 aliphatic heterocycles. The highest BCUT2D eigenvalue weighted by Crippen LogP contribution is 2.19. The van der Waals surface area contributed by atoms with E-state index in [-0.39, 0.29) is 13.0 Å². The second kappa shape index (κ2) is 12.2. The summed E-state index contributed by atoms with van der Waals surface area (Å²) in [4.78, 5) is 73.1. The number of hydrogen-bond acceptors (Lipinski definition) is 7. The van der Waals surface area contributed by atoms with Crippen molar-refractivity contribution in [2.75, 3.05) is 6.54 Å². The van der Waals surface area contributed by atoms with Crippen LogP contribution in [0.3, 0.4) is 0 Å². The molecule has 13 heteroatoms. The standard InChI is InChI=1S/C21H34N4O9/c1-11(23-20(33)34-21(3,4)5)16(28)22-12(2)18(30)25-10-6-7-14(25)17(29)24-13(19(31)32)8-9-15(26)27/h11-14H,6-10H2,1-5H3,(H,22,28)(H,23,33)(H,24,29)(H,26,27)(H,31,32)/t11-,12-,13-,14-/m0/s1. The second-order valence-corrected chi connectivity index (χ2v) is 9.12. The van der Waals surface area contributed by atoms with Crippen LogP contribution in [0.25, 0.3) is 0 Å². The van der Waals surface area contributed by atoms with Gasteiger partial charge in [0, 0.05) is 13.0 Å². The Morgan fingerprint density at radius 3 is 2.15 bits per heavy atom. The van der Waals surface area contributed by atoms with Gasteiger partial charge < -0.3 is 35.8 Å². The summed E-state index contributed by atoms with van der Waals surface area (Å²) in [7, 11) is 0. The molecule has 0 unspecified atom stereocenters. The topological polar surface area (TPSA) is 191 Å². The van der Waals surface area contributed by atoms with E-state index >= 15 is 0 Å². The zero-order valence-electron chi connectivity index (χ0n) is 20.0. The summed E-state index contributed by atoms with van der Waals surface area (Å²) in [6, 6.07) is -4.37. The number of carboxylic acids is 2. The third kappa shape index (κ3) is 9.24. The Morgan fingerprint density at radius 2 is 1.62 bits per heavy atom. The van der Waals surface area contributed by atoms with Gasteiger partial charge in [-0.3, -0.25) is 19.2 Å². The maximum atomic E-state index is 12.9. The van der Waals surface area contributed by atoms with Crippen LogP contribution < -0.4 is 16.0 Å². The third-order valence-corrected chi connectivity index (χ3v) is 4.96. The average Bonchev–Trinajstić information content (AvgIpc) is 3.18. The fourth-order valence-electron chi connectivity index (χ4n) is 3.29. The molecule has 13 nitrogen and oxygen atoms in total. The number of carbonyl (C=O) groups excluding carboxylic acids is 4. The molecule has 0 aromatic heterocycles. The minimum Gasteiger partial charge on any atom is -0.481 e. The largest absolute Gasteiger partial charge is 0.481 e. The highest BCUT2D eigenvalue weighted by molar-refractivity contribution is 5.94. The van der Waals surface area contributed by atoms with Gasteiger partial charge in [-0.1, -0.05) is 0 Å². The molecule has 1 saturated heterocycles. The van der Waals surface area contributed by atoms with Crippen LogP contribution in [0, 0.1) is 0 Å². The lowest BCUT2D eigenvalue weighted by molar-refractivity contribution is -0.145. The number of carboxylic acid groups (broad SMARTS) is 2. The van der Waals surface area contributed by atoms with E-state index in [4.69, 9.17) is 9.84 Å². The zero-order chi connectivity index (χ0) is 26.2. The van der Waals surface area contributed by atoms with Crippen molar-refractivity contribution in [1.29, 1.82) is 0 Å². The summed E-state index contributed by atoms with van der Waals surface area (Å²) in [6.07, 6.45) is -0.746. The minimum atomic E-state index is -1.40. The number of hydrogen-bond donors (Lipinski definition) is 5. The van der Waals surface area contributed by atoms with Crippen LogP contribution in [-0.4, -0.2) is 87.2 Å². The molecule has 0 aromatic rings. The lowest BCUT2D eigenvalue weighted by atomic mass is 10.1. The van der Waals surface area contributed by atoms with E-state index in [2.05, 4.69) is 16.0 Å². The number of ether oxygens (including phenoxy) is 1. The van der Waals surface area contributed by atoms with Crippen molar-refractivity contribution < 1.29 is 43.7 Å². The number of carbonyl (C=O) groups is 6. The molecule has 1 heterocycles. The highest BCUT2D eigenvalue weighted by Gasteiger charge is 2.38. The normalized spacial score (nSPS) is 18.3. The molecule has 5 N–H and O–H groups in total. The van der Waals surface area contributed by atoms with E-state index < -0.39 is 71.9 Å². The number of rotatable bonds is 10. The molecule has 0 radical (unpaired) electrons. The van der Waals surface area contributed by atoms with E-state index in [0.29, 0.717) is 12.8 Å². The molecule has 1 rings (SSSR count). The minimum absolute atomic E-state index is 0.232. The van der Waals surface area contributed by atoms with Crippen LogP contribution in [0.4, 0.5) is 4.79 Å². The summed E-state index contributed by atoms with van der Waals surface area (Å²) in [5.74, 6) is -4.46. The number of likely N-dealkylation sites (tertiary alicyclic amines) is 1. The van der Waals surface area contributed by atoms with Crippen molar-refractivity contribution in [2.24, 2.45) is 0 Å². The first-order chi connectivity index (χ1) is 15.6. The predicted molar refractivity (Wildman–Crippen MR) is 118 cm³/mol. The van der Waals surface area contributed by atoms with Gasteiger partial charge in [0.1, 0.15) is 29.8 Å². The van der Waals surface area contributed by atoms with Crippen LogP contribution in [-0.2, 0) is 28.7 Å². The SMILES string of the molecule is C[C@H](NC(=O)OC(C)(C)C)C(=O)N[C@@H](C)C(=O)N1CCC[C@H]1C(=O)N[C@@H](CCC(=O)O)C(=O)O. The molecule has 1 aliphatic rings. The Hall–Kier alpha value is -3.38. The molecule has 0 saturated carbocycles. The highest BCUT2D eigenvalue weighted by atomic mass is 16.6. The van der Waals surface area contributed by atoms with Gasteiger partial charge in [0.15, 0.2) is 0 Å². The van der Waals surface area contributed by atoms with Gasteiger partial charge in [0.25, 0.3) is 0 Å². The quantitative estimate of drug-likeness (QED) is 0.279. The maximum Gasteiger partial charge on any atom is 0.408 e. The number of alkyl carbamates (subject to hydrolysis) is 1. The van der Waals surface area contributed by atoms with Gasteiger partial charge in [-0.05, 0) is 53.9 Å². The van der Waals surface area contributed by atoms with Gasteiger partial charge >= 0.3 is 18.0 Å². The van der Waals surface area contributed by atoms with Crippen molar-refractivity contribution in [2.45, 2.75) is 90.1 Å². The van der Waals surface area contributed by atoms with Crippen molar-refractivity contribution in [3.63, 3.8) is 0 Å². The van der Waals surface area contributed by atoms with Gasteiger partial charge in [-0.2, -0.15) is 0 Å². The third-order valence-electron chi connectivity index (χ3n) is 4.96. The number of nitrogens with one attached hydrogen (secondary N) is 3.